The van der Waals surface area contributed by atoms with Gasteiger partial charge in [-0.2, -0.15) is 4.98 Å². The quantitative estimate of drug-likeness (QED) is 0.475. The lowest BCUT2D eigenvalue weighted by atomic mass is 10.0. The third kappa shape index (κ3) is 4.64. The van der Waals surface area contributed by atoms with Crippen LogP contribution in [0.5, 0.6) is 0 Å². The second-order valence-corrected chi connectivity index (χ2v) is 6.72. The summed E-state index contributed by atoms with van der Waals surface area (Å²) in [5.41, 5.74) is 2.11. The number of hydrogen-bond acceptors (Lipinski definition) is 6. The molecular weight excluding hydrogens is 336 g/mol. The zero-order valence-corrected chi connectivity index (χ0v) is 14.8. The molecule has 0 spiro atoms. The van der Waals surface area contributed by atoms with Crippen LogP contribution in [0.4, 0.5) is 0 Å². The second-order valence-electron chi connectivity index (χ2n) is 5.74. The lowest BCUT2D eigenvalue weighted by Crippen LogP contribution is -2.00. The number of esters is 1. The molecule has 25 heavy (non-hydrogen) atoms. The van der Waals surface area contributed by atoms with E-state index in [1.165, 1.54) is 11.6 Å². The van der Waals surface area contributed by atoms with Gasteiger partial charge in [-0.3, -0.25) is 0 Å². The second kappa shape index (κ2) is 7.90. The topological polar surface area (TPSA) is 65.2 Å². The number of benzene rings is 1. The van der Waals surface area contributed by atoms with E-state index in [0.29, 0.717) is 11.7 Å². The Balaban J connectivity index is 1.57. The number of hydrogen-bond donors (Lipinski definition) is 0. The number of nitrogens with zero attached hydrogens (tertiary/aromatic N) is 2. The summed E-state index contributed by atoms with van der Waals surface area (Å²) in [5, 5.41) is 5.87. The van der Waals surface area contributed by atoms with Crippen molar-refractivity contribution in [2.24, 2.45) is 0 Å². The van der Waals surface area contributed by atoms with Crippen molar-refractivity contribution in [3.8, 4) is 11.4 Å². The Morgan fingerprint density at radius 2 is 2.08 bits per heavy atom. The molecule has 0 aliphatic heterocycles. The normalized spacial score (nSPS) is 11.3. The van der Waals surface area contributed by atoms with Crippen molar-refractivity contribution >= 4 is 23.4 Å². The summed E-state index contributed by atoms with van der Waals surface area (Å²) in [6, 6.07) is 11.9. The van der Waals surface area contributed by atoms with Gasteiger partial charge in [-0.15, -0.1) is 11.3 Å². The highest BCUT2D eigenvalue weighted by molar-refractivity contribution is 7.10. The molecule has 5 nitrogen and oxygen atoms in total. The van der Waals surface area contributed by atoms with Gasteiger partial charge in [0.05, 0.1) is 0 Å². The minimum atomic E-state index is -0.450. The van der Waals surface area contributed by atoms with E-state index in [1.807, 2.05) is 41.8 Å². The molecule has 3 rings (SSSR count). The van der Waals surface area contributed by atoms with Crippen molar-refractivity contribution in [3.63, 3.8) is 0 Å². The molecule has 128 valence electrons. The summed E-state index contributed by atoms with van der Waals surface area (Å²) in [7, 11) is 0. The number of carbonyl (C=O) groups is 1. The molecule has 0 bridgehead atoms. The fraction of sp³-hybridized carbons (Fsp3) is 0.211. The van der Waals surface area contributed by atoms with Crippen LogP contribution in [0, 0.1) is 0 Å². The maximum atomic E-state index is 11.7. The van der Waals surface area contributed by atoms with Crippen LogP contribution in [0.15, 0.2) is 52.4 Å². The van der Waals surface area contributed by atoms with Gasteiger partial charge < -0.3 is 9.26 Å². The summed E-state index contributed by atoms with van der Waals surface area (Å²) >= 11 is 1.55. The lowest BCUT2D eigenvalue weighted by molar-refractivity contribution is -0.139. The number of carbonyl (C=O) groups excluding carboxylic acids is 1. The molecule has 0 saturated carbocycles. The first-order valence-electron chi connectivity index (χ1n) is 7.93. The van der Waals surface area contributed by atoms with E-state index in [-0.39, 0.29) is 12.5 Å². The minimum Gasteiger partial charge on any atom is -0.452 e. The maximum Gasteiger partial charge on any atom is 0.331 e. The molecule has 2 heterocycles. The highest BCUT2D eigenvalue weighted by Crippen LogP contribution is 2.20. The van der Waals surface area contributed by atoms with Crippen LogP contribution in [0.3, 0.4) is 0 Å². The SMILES string of the molecule is CC(C)c1ccc(-c2noc(COC(=O)/C=C/c3cccs3)n2)cc1. The van der Waals surface area contributed by atoms with Gasteiger partial charge >= 0.3 is 5.97 Å². The summed E-state index contributed by atoms with van der Waals surface area (Å²) in [4.78, 5) is 16.9. The zero-order valence-electron chi connectivity index (χ0n) is 14.0. The summed E-state index contributed by atoms with van der Waals surface area (Å²) < 4.78 is 10.2. The van der Waals surface area contributed by atoms with E-state index in [2.05, 4.69) is 24.0 Å². The van der Waals surface area contributed by atoms with Crippen molar-refractivity contribution in [1.29, 1.82) is 0 Å². The van der Waals surface area contributed by atoms with E-state index >= 15 is 0 Å². The maximum absolute atomic E-state index is 11.7. The molecule has 0 unspecified atom stereocenters. The van der Waals surface area contributed by atoms with E-state index in [1.54, 1.807) is 17.4 Å². The molecule has 2 aromatic heterocycles. The predicted octanol–water partition coefficient (Wildman–Crippen LogP) is 4.68. The van der Waals surface area contributed by atoms with Gasteiger partial charge in [0.1, 0.15) is 0 Å². The third-order valence-corrected chi connectivity index (χ3v) is 4.41. The molecule has 0 amide bonds. The third-order valence-electron chi connectivity index (χ3n) is 3.57. The molecule has 0 fully saturated rings. The lowest BCUT2D eigenvalue weighted by Gasteiger charge is -2.04. The molecule has 6 heteroatoms. The van der Waals surface area contributed by atoms with Crippen LogP contribution in [-0.2, 0) is 16.1 Å². The van der Waals surface area contributed by atoms with E-state index in [9.17, 15) is 4.79 Å². The van der Waals surface area contributed by atoms with Crippen LogP contribution in [-0.4, -0.2) is 16.1 Å². The Morgan fingerprint density at radius 1 is 1.28 bits per heavy atom. The van der Waals surface area contributed by atoms with Crippen LogP contribution < -0.4 is 0 Å². The Hall–Kier alpha value is -2.73. The summed E-state index contributed by atoms with van der Waals surface area (Å²) in [6.07, 6.45) is 3.09. The molecule has 0 atom stereocenters. The number of ether oxygens (including phenoxy) is 1. The fourth-order valence-corrected chi connectivity index (χ4v) is 2.78. The highest BCUT2D eigenvalue weighted by Gasteiger charge is 2.10. The van der Waals surface area contributed by atoms with Crippen molar-refractivity contribution in [3.05, 3.63) is 64.2 Å². The largest absolute Gasteiger partial charge is 0.452 e. The molecule has 0 aliphatic carbocycles. The predicted molar refractivity (Wildman–Crippen MR) is 97.0 cm³/mol. The first-order chi connectivity index (χ1) is 12.1. The Bertz CT molecular complexity index is 849. The van der Waals surface area contributed by atoms with Gasteiger partial charge in [0, 0.05) is 16.5 Å². The molecule has 3 aromatic rings. The highest BCUT2D eigenvalue weighted by atomic mass is 32.1. The molecule has 1 aromatic carbocycles. The molecule has 0 radical (unpaired) electrons. The fourth-order valence-electron chi connectivity index (χ4n) is 2.17. The number of thiophene rings is 1. The van der Waals surface area contributed by atoms with Crippen molar-refractivity contribution in [2.45, 2.75) is 26.4 Å². The molecule has 0 aliphatic rings. The summed E-state index contributed by atoms with van der Waals surface area (Å²) in [5.74, 6) is 0.766. The van der Waals surface area contributed by atoms with Gasteiger partial charge in [-0.1, -0.05) is 49.3 Å². The van der Waals surface area contributed by atoms with Gasteiger partial charge in [-0.25, -0.2) is 4.79 Å². The molecular formula is C19H18N2O3S. The molecule has 0 N–H and O–H groups in total. The van der Waals surface area contributed by atoms with Gasteiger partial charge in [-0.05, 0) is 29.0 Å². The van der Waals surface area contributed by atoms with Crippen molar-refractivity contribution in [1.82, 2.24) is 10.1 Å². The Labute approximate surface area is 150 Å². The Morgan fingerprint density at radius 3 is 2.76 bits per heavy atom. The first-order valence-corrected chi connectivity index (χ1v) is 8.81. The minimum absolute atomic E-state index is 0.0509. The number of aromatic nitrogens is 2. The average molecular weight is 354 g/mol. The zero-order chi connectivity index (χ0) is 17.6. The van der Waals surface area contributed by atoms with Crippen LogP contribution in [0.1, 0.15) is 36.1 Å². The smallest absolute Gasteiger partial charge is 0.331 e. The van der Waals surface area contributed by atoms with Crippen LogP contribution in [0.2, 0.25) is 0 Å². The van der Waals surface area contributed by atoms with Gasteiger partial charge in [0.15, 0.2) is 6.61 Å². The molecule has 0 saturated heterocycles. The monoisotopic (exact) mass is 354 g/mol. The summed E-state index contributed by atoms with van der Waals surface area (Å²) in [6.45, 7) is 4.23. The first kappa shape index (κ1) is 17.1. The standard InChI is InChI=1S/C19H18N2O3S/c1-13(2)14-5-7-15(8-6-14)19-20-17(24-21-19)12-23-18(22)10-9-16-4-3-11-25-16/h3-11,13H,12H2,1-2H3/b10-9+. The Kier molecular flexibility index (Phi) is 5.40. The van der Waals surface area contributed by atoms with E-state index in [4.69, 9.17) is 9.26 Å². The van der Waals surface area contributed by atoms with Crippen molar-refractivity contribution < 1.29 is 14.1 Å². The van der Waals surface area contributed by atoms with E-state index in [0.717, 1.165) is 10.4 Å². The van der Waals surface area contributed by atoms with Crippen LogP contribution >= 0.6 is 11.3 Å². The number of rotatable bonds is 6. The average Bonchev–Trinajstić information content (AvgIpc) is 3.30. The van der Waals surface area contributed by atoms with Gasteiger partial charge in [0.25, 0.3) is 5.89 Å². The van der Waals surface area contributed by atoms with Gasteiger partial charge in [0.2, 0.25) is 5.82 Å². The van der Waals surface area contributed by atoms with Crippen molar-refractivity contribution in [2.75, 3.05) is 0 Å². The van der Waals surface area contributed by atoms with Crippen LogP contribution in [0.25, 0.3) is 17.5 Å². The van der Waals surface area contributed by atoms with E-state index < -0.39 is 5.97 Å².